The van der Waals surface area contributed by atoms with Crippen LogP contribution in [0.4, 0.5) is 11.4 Å². The Morgan fingerprint density at radius 2 is 1.17 bits per heavy atom. The molecule has 0 radical (unpaired) electrons. The van der Waals surface area contributed by atoms with Crippen molar-refractivity contribution in [1.29, 1.82) is 0 Å². The molecule has 29 heavy (non-hydrogen) atoms. The van der Waals surface area contributed by atoms with Crippen LogP contribution in [0, 0.1) is 0 Å². The van der Waals surface area contributed by atoms with Gasteiger partial charge in [-0.1, -0.05) is 59.6 Å². The van der Waals surface area contributed by atoms with Crippen LogP contribution in [0.15, 0.2) is 78.4 Å². The van der Waals surface area contributed by atoms with Crippen LogP contribution in [0.5, 0.6) is 5.75 Å². The zero-order valence-electron chi connectivity index (χ0n) is 15.0. The third kappa shape index (κ3) is 5.38. The van der Waals surface area contributed by atoms with Gasteiger partial charge in [-0.2, -0.15) is 0 Å². The highest BCUT2D eigenvalue weighted by Crippen LogP contribution is 2.24. The number of carbonyl (C=O) groups excluding carboxylic acids is 2. The van der Waals surface area contributed by atoms with E-state index in [9.17, 15) is 14.7 Å². The van der Waals surface area contributed by atoms with Crippen LogP contribution >= 0.6 is 23.2 Å². The van der Waals surface area contributed by atoms with Crippen LogP contribution in [0.25, 0.3) is 6.08 Å². The maximum atomic E-state index is 12.9. The molecule has 3 aromatic rings. The summed E-state index contributed by atoms with van der Waals surface area (Å²) in [4.78, 5) is 25.7. The molecule has 0 aromatic heterocycles. The molecule has 5 nitrogen and oxygen atoms in total. The van der Waals surface area contributed by atoms with Crippen molar-refractivity contribution >= 4 is 52.5 Å². The maximum Gasteiger partial charge on any atom is 0.261 e. The van der Waals surface area contributed by atoms with Crippen LogP contribution in [-0.2, 0) is 9.59 Å². The van der Waals surface area contributed by atoms with Gasteiger partial charge in [0.1, 0.15) is 11.3 Å². The summed E-state index contributed by atoms with van der Waals surface area (Å²) in [5.41, 5.74) is 1.15. The lowest BCUT2D eigenvalue weighted by Gasteiger charge is -2.12. The molecule has 0 aliphatic heterocycles. The number of aromatic hydroxyl groups is 1. The average molecular weight is 427 g/mol. The minimum atomic E-state index is -0.643. The molecule has 0 heterocycles. The highest BCUT2D eigenvalue weighted by molar-refractivity contribution is 6.36. The van der Waals surface area contributed by atoms with E-state index in [0.717, 1.165) is 0 Å². The van der Waals surface area contributed by atoms with E-state index >= 15 is 0 Å². The normalized spacial score (nSPS) is 10.1. The number of para-hydroxylation sites is 2. The van der Waals surface area contributed by atoms with Gasteiger partial charge in [0, 0.05) is 0 Å². The number of anilines is 2. The zero-order valence-corrected chi connectivity index (χ0v) is 16.5. The molecule has 0 aliphatic carbocycles. The Morgan fingerprint density at radius 3 is 1.62 bits per heavy atom. The van der Waals surface area contributed by atoms with E-state index in [1.54, 1.807) is 60.7 Å². The lowest BCUT2D eigenvalue weighted by molar-refractivity contribution is -0.118. The van der Waals surface area contributed by atoms with E-state index in [4.69, 9.17) is 23.2 Å². The first-order valence-corrected chi connectivity index (χ1v) is 9.32. The lowest BCUT2D eigenvalue weighted by Crippen LogP contribution is -2.25. The van der Waals surface area contributed by atoms with Crippen molar-refractivity contribution in [2.24, 2.45) is 0 Å². The molecule has 0 bridgehead atoms. The Morgan fingerprint density at radius 1 is 0.724 bits per heavy atom. The maximum absolute atomic E-state index is 12.9. The van der Waals surface area contributed by atoms with Gasteiger partial charge in [-0.05, 0) is 48.0 Å². The van der Waals surface area contributed by atoms with Gasteiger partial charge in [0.05, 0.1) is 21.4 Å². The van der Waals surface area contributed by atoms with Crippen LogP contribution in [0.2, 0.25) is 10.0 Å². The summed E-state index contributed by atoms with van der Waals surface area (Å²) in [6, 6.07) is 19.5. The van der Waals surface area contributed by atoms with E-state index in [2.05, 4.69) is 10.6 Å². The van der Waals surface area contributed by atoms with E-state index in [-0.39, 0.29) is 11.3 Å². The van der Waals surface area contributed by atoms with Gasteiger partial charge in [0.15, 0.2) is 0 Å². The largest absolute Gasteiger partial charge is 0.508 e. The molecule has 0 atom stereocenters. The Hall–Kier alpha value is -3.28. The smallest absolute Gasteiger partial charge is 0.261 e. The van der Waals surface area contributed by atoms with Crippen LogP contribution < -0.4 is 10.6 Å². The molecular formula is C22H16Cl2N2O3. The summed E-state index contributed by atoms with van der Waals surface area (Å²) >= 11 is 12.2. The number of phenols is 1. The van der Waals surface area contributed by atoms with Crippen LogP contribution in [0.1, 0.15) is 5.56 Å². The first kappa shape index (κ1) is 20.5. The summed E-state index contributed by atoms with van der Waals surface area (Å²) in [5.74, 6) is -1.21. The highest BCUT2D eigenvalue weighted by Gasteiger charge is 2.20. The Bertz CT molecular complexity index is 1020. The van der Waals surface area contributed by atoms with Crippen LogP contribution in [0.3, 0.4) is 0 Å². The standard InChI is InChI=1S/C22H16Cl2N2O3/c23-17-5-1-3-7-19(17)25-21(28)16(13-14-9-11-15(27)12-10-14)22(29)26-20-8-4-2-6-18(20)24/h1-13,27H,(H,25,28)(H,26,29). The number of phenolic OH excluding ortho intramolecular Hbond substituents is 1. The fraction of sp³-hybridized carbons (Fsp3) is 0. The van der Waals surface area contributed by atoms with Gasteiger partial charge in [-0.3, -0.25) is 9.59 Å². The van der Waals surface area contributed by atoms with Gasteiger partial charge >= 0.3 is 0 Å². The number of benzene rings is 3. The number of hydrogen-bond acceptors (Lipinski definition) is 3. The Kier molecular flexibility index (Phi) is 6.54. The summed E-state index contributed by atoms with van der Waals surface area (Å²) in [6.45, 7) is 0. The van der Waals surface area contributed by atoms with Crippen molar-refractivity contribution in [3.8, 4) is 5.75 Å². The van der Waals surface area contributed by atoms with E-state index in [1.807, 2.05) is 0 Å². The van der Waals surface area contributed by atoms with Crippen LogP contribution in [-0.4, -0.2) is 16.9 Å². The molecule has 0 spiro atoms. The van der Waals surface area contributed by atoms with Gasteiger partial charge < -0.3 is 15.7 Å². The number of rotatable bonds is 5. The van der Waals surface area contributed by atoms with Crippen molar-refractivity contribution in [2.75, 3.05) is 10.6 Å². The molecule has 3 N–H and O–H groups in total. The second-order valence-corrected chi connectivity index (χ2v) is 6.83. The Labute approximate surface area is 177 Å². The molecule has 0 aliphatic rings. The Balaban J connectivity index is 1.93. The second kappa shape index (κ2) is 9.28. The number of amides is 2. The molecule has 2 amide bonds. The zero-order chi connectivity index (χ0) is 20.8. The van der Waals surface area contributed by atoms with Crippen molar-refractivity contribution in [3.05, 3.63) is 94.0 Å². The lowest BCUT2D eigenvalue weighted by atomic mass is 10.1. The van der Waals surface area contributed by atoms with Gasteiger partial charge in [-0.15, -0.1) is 0 Å². The minimum absolute atomic E-state index is 0.0738. The highest BCUT2D eigenvalue weighted by atomic mass is 35.5. The molecule has 0 saturated carbocycles. The first-order valence-electron chi connectivity index (χ1n) is 8.56. The predicted octanol–water partition coefficient (Wildman–Crippen LogP) is 5.36. The molecule has 0 unspecified atom stereocenters. The third-order valence-electron chi connectivity index (χ3n) is 3.94. The van der Waals surface area contributed by atoms with Crippen molar-refractivity contribution in [2.45, 2.75) is 0 Å². The van der Waals surface area contributed by atoms with Crippen molar-refractivity contribution in [3.63, 3.8) is 0 Å². The molecular weight excluding hydrogens is 411 g/mol. The third-order valence-corrected chi connectivity index (χ3v) is 4.60. The van der Waals surface area contributed by atoms with Gasteiger partial charge in [-0.25, -0.2) is 0 Å². The summed E-state index contributed by atoms with van der Waals surface area (Å²) < 4.78 is 0. The molecule has 3 rings (SSSR count). The topological polar surface area (TPSA) is 78.4 Å². The molecule has 0 saturated heterocycles. The van der Waals surface area contributed by atoms with Gasteiger partial charge in [0.25, 0.3) is 11.8 Å². The average Bonchev–Trinajstić information content (AvgIpc) is 2.71. The van der Waals surface area contributed by atoms with E-state index in [1.165, 1.54) is 18.2 Å². The van der Waals surface area contributed by atoms with Crippen molar-refractivity contribution in [1.82, 2.24) is 0 Å². The summed E-state index contributed by atoms with van der Waals surface area (Å²) in [6.07, 6.45) is 1.41. The predicted molar refractivity (Wildman–Crippen MR) is 116 cm³/mol. The molecule has 146 valence electrons. The summed E-state index contributed by atoms with van der Waals surface area (Å²) in [5, 5.41) is 15.4. The second-order valence-electron chi connectivity index (χ2n) is 6.02. The first-order chi connectivity index (χ1) is 13.9. The summed E-state index contributed by atoms with van der Waals surface area (Å²) in [7, 11) is 0. The van der Waals surface area contributed by atoms with E-state index < -0.39 is 11.8 Å². The SMILES string of the molecule is O=C(Nc1ccccc1Cl)C(=Cc1ccc(O)cc1)C(=O)Nc1ccccc1Cl. The molecule has 0 fully saturated rings. The quantitative estimate of drug-likeness (QED) is 0.291. The fourth-order valence-corrected chi connectivity index (χ4v) is 2.84. The van der Waals surface area contributed by atoms with E-state index in [0.29, 0.717) is 27.0 Å². The fourth-order valence-electron chi connectivity index (χ4n) is 2.48. The minimum Gasteiger partial charge on any atom is -0.508 e. The monoisotopic (exact) mass is 426 g/mol. The molecule has 7 heteroatoms. The number of carbonyl (C=O) groups is 2. The molecule has 3 aromatic carbocycles. The number of hydrogen-bond donors (Lipinski definition) is 3. The number of halogens is 2. The van der Waals surface area contributed by atoms with Gasteiger partial charge in [0.2, 0.25) is 0 Å². The number of nitrogens with one attached hydrogen (secondary N) is 2. The van der Waals surface area contributed by atoms with Crippen molar-refractivity contribution < 1.29 is 14.7 Å².